The molecule has 0 aliphatic heterocycles. The summed E-state index contributed by atoms with van der Waals surface area (Å²) in [6, 6.07) is 6.97. The van der Waals surface area contributed by atoms with Crippen molar-refractivity contribution in [2.75, 3.05) is 0 Å². The number of hydrogen-bond acceptors (Lipinski definition) is 1. The third kappa shape index (κ3) is 2.48. The van der Waals surface area contributed by atoms with E-state index in [4.69, 9.17) is 23.2 Å². The number of carbonyl (C=O) groups is 1. The second-order valence-electron chi connectivity index (χ2n) is 5.02. The maximum absolute atomic E-state index is 12.7. The van der Waals surface area contributed by atoms with Crippen molar-refractivity contribution in [3.05, 3.63) is 67.7 Å². The van der Waals surface area contributed by atoms with Gasteiger partial charge in [-0.3, -0.25) is 4.79 Å². The maximum atomic E-state index is 12.7. The Hall–Kier alpha value is -1.31. The van der Waals surface area contributed by atoms with Gasteiger partial charge in [0, 0.05) is 21.2 Å². The number of carbonyl (C=O) groups excluding carboxylic acids is 1. The van der Waals surface area contributed by atoms with Gasteiger partial charge in [-0.1, -0.05) is 23.2 Å². The second kappa shape index (κ2) is 5.59. The number of hydrogen-bond donors (Lipinski definition) is 0. The molecule has 3 heteroatoms. The van der Waals surface area contributed by atoms with Crippen molar-refractivity contribution in [3.8, 4) is 0 Å². The lowest BCUT2D eigenvalue weighted by atomic mass is 9.89. The van der Waals surface area contributed by atoms with Crippen molar-refractivity contribution in [1.29, 1.82) is 0 Å². The fourth-order valence-corrected chi connectivity index (χ4v) is 2.76. The molecule has 0 aliphatic rings. The summed E-state index contributed by atoms with van der Waals surface area (Å²) >= 11 is 12.2. The highest BCUT2D eigenvalue weighted by Gasteiger charge is 2.20. The fraction of sp³-hybridized carbons (Fsp3) is 0.235. The van der Waals surface area contributed by atoms with E-state index in [2.05, 4.69) is 0 Å². The summed E-state index contributed by atoms with van der Waals surface area (Å²) in [5.74, 6) is 0.0135. The molecule has 0 unspecified atom stereocenters. The number of ketones is 1. The second-order valence-corrected chi connectivity index (χ2v) is 5.84. The molecule has 0 bridgehead atoms. The molecule has 0 heterocycles. The molecule has 104 valence electrons. The van der Waals surface area contributed by atoms with E-state index in [0.29, 0.717) is 10.6 Å². The molecule has 0 saturated heterocycles. The molecule has 0 spiro atoms. The summed E-state index contributed by atoms with van der Waals surface area (Å²) < 4.78 is 0. The van der Waals surface area contributed by atoms with E-state index in [9.17, 15) is 4.79 Å². The Morgan fingerprint density at radius 3 is 1.70 bits per heavy atom. The Labute approximate surface area is 129 Å². The van der Waals surface area contributed by atoms with Crippen LogP contribution in [0.5, 0.6) is 0 Å². The summed E-state index contributed by atoms with van der Waals surface area (Å²) in [7, 11) is 0. The molecule has 0 atom stereocenters. The van der Waals surface area contributed by atoms with Crippen molar-refractivity contribution >= 4 is 29.0 Å². The van der Waals surface area contributed by atoms with E-state index in [1.54, 1.807) is 24.3 Å². The summed E-state index contributed by atoms with van der Waals surface area (Å²) in [6.45, 7) is 7.78. The maximum Gasteiger partial charge on any atom is 0.193 e. The average molecular weight is 307 g/mol. The molecule has 0 aromatic heterocycles. The van der Waals surface area contributed by atoms with Crippen molar-refractivity contribution in [3.63, 3.8) is 0 Å². The van der Waals surface area contributed by atoms with Gasteiger partial charge in [0.05, 0.1) is 0 Å². The standard InChI is InChI=1S/C17H16Cl2O/c1-9-11(3)16(19)12(4)10(2)15(9)17(20)13-5-7-14(18)8-6-13/h5-8H,1-4H3. The van der Waals surface area contributed by atoms with Gasteiger partial charge in [0.1, 0.15) is 0 Å². The summed E-state index contributed by atoms with van der Waals surface area (Å²) in [4.78, 5) is 12.7. The first kappa shape index (κ1) is 15.1. The summed E-state index contributed by atoms with van der Waals surface area (Å²) in [6.07, 6.45) is 0. The SMILES string of the molecule is Cc1c(C)c(C(=O)c2ccc(Cl)cc2)c(C)c(C)c1Cl. The summed E-state index contributed by atoms with van der Waals surface area (Å²) in [5, 5.41) is 1.37. The van der Waals surface area contributed by atoms with Crippen LogP contribution in [0.4, 0.5) is 0 Å². The predicted molar refractivity (Wildman–Crippen MR) is 85.3 cm³/mol. The van der Waals surface area contributed by atoms with Gasteiger partial charge >= 0.3 is 0 Å². The van der Waals surface area contributed by atoms with Gasteiger partial charge in [-0.2, -0.15) is 0 Å². The summed E-state index contributed by atoms with van der Waals surface area (Å²) in [5.41, 5.74) is 5.20. The van der Waals surface area contributed by atoms with Gasteiger partial charge in [0.25, 0.3) is 0 Å². The Bertz CT molecular complexity index is 656. The molecule has 0 aliphatic carbocycles. The van der Waals surface area contributed by atoms with Crippen LogP contribution in [0, 0.1) is 27.7 Å². The van der Waals surface area contributed by atoms with Crippen LogP contribution in [-0.2, 0) is 0 Å². The van der Waals surface area contributed by atoms with Crippen LogP contribution in [-0.4, -0.2) is 5.78 Å². The molecule has 0 amide bonds. The topological polar surface area (TPSA) is 17.1 Å². The molecule has 0 N–H and O–H groups in total. The first-order valence-corrected chi connectivity index (χ1v) is 7.16. The Morgan fingerprint density at radius 1 is 0.800 bits per heavy atom. The highest BCUT2D eigenvalue weighted by molar-refractivity contribution is 6.32. The number of benzene rings is 2. The average Bonchev–Trinajstić information content (AvgIpc) is 2.44. The van der Waals surface area contributed by atoms with Crippen LogP contribution in [0.1, 0.15) is 38.2 Å². The van der Waals surface area contributed by atoms with Crippen LogP contribution >= 0.6 is 23.2 Å². The molecule has 0 radical (unpaired) electrons. The molecule has 0 saturated carbocycles. The van der Waals surface area contributed by atoms with E-state index in [-0.39, 0.29) is 5.78 Å². The molecule has 2 rings (SSSR count). The third-order valence-electron chi connectivity index (χ3n) is 3.87. The monoisotopic (exact) mass is 306 g/mol. The fourth-order valence-electron chi connectivity index (χ4n) is 2.35. The van der Waals surface area contributed by atoms with Gasteiger partial charge in [-0.15, -0.1) is 0 Å². The Balaban J connectivity index is 2.64. The van der Waals surface area contributed by atoms with E-state index < -0.39 is 0 Å². The molecule has 2 aromatic carbocycles. The van der Waals surface area contributed by atoms with Crippen molar-refractivity contribution in [2.45, 2.75) is 27.7 Å². The Kier molecular flexibility index (Phi) is 4.22. The zero-order chi connectivity index (χ0) is 15.0. The van der Waals surface area contributed by atoms with Crippen LogP contribution in [0.3, 0.4) is 0 Å². The lowest BCUT2D eigenvalue weighted by Gasteiger charge is -2.16. The van der Waals surface area contributed by atoms with Crippen molar-refractivity contribution in [1.82, 2.24) is 0 Å². The molecule has 0 fully saturated rings. The molecule has 2 aromatic rings. The van der Waals surface area contributed by atoms with Gasteiger partial charge in [-0.05, 0) is 74.2 Å². The first-order chi connectivity index (χ1) is 9.34. The molecule has 1 nitrogen and oxygen atoms in total. The van der Waals surface area contributed by atoms with Gasteiger partial charge in [0.15, 0.2) is 5.78 Å². The zero-order valence-corrected chi connectivity index (χ0v) is 13.5. The van der Waals surface area contributed by atoms with E-state index in [0.717, 1.165) is 32.8 Å². The molecular formula is C17H16Cl2O. The quantitative estimate of drug-likeness (QED) is 0.673. The van der Waals surface area contributed by atoms with Gasteiger partial charge in [0.2, 0.25) is 0 Å². The van der Waals surface area contributed by atoms with Crippen LogP contribution in [0.2, 0.25) is 10.0 Å². The van der Waals surface area contributed by atoms with E-state index in [1.807, 2.05) is 27.7 Å². The molecule has 20 heavy (non-hydrogen) atoms. The highest BCUT2D eigenvalue weighted by atomic mass is 35.5. The normalized spacial score (nSPS) is 10.7. The largest absolute Gasteiger partial charge is 0.289 e. The van der Waals surface area contributed by atoms with Crippen molar-refractivity contribution < 1.29 is 4.79 Å². The minimum absolute atomic E-state index is 0.0135. The molecular weight excluding hydrogens is 291 g/mol. The van der Waals surface area contributed by atoms with E-state index in [1.165, 1.54) is 0 Å². The van der Waals surface area contributed by atoms with Crippen LogP contribution < -0.4 is 0 Å². The number of halogens is 2. The van der Waals surface area contributed by atoms with Crippen LogP contribution in [0.25, 0.3) is 0 Å². The lowest BCUT2D eigenvalue weighted by molar-refractivity contribution is 0.103. The van der Waals surface area contributed by atoms with Crippen LogP contribution in [0.15, 0.2) is 24.3 Å². The zero-order valence-electron chi connectivity index (χ0n) is 12.0. The third-order valence-corrected chi connectivity index (χ3v) is 4.69. The van der Waals surface area contributed by atoms with E-state index >= 15 is 0 Å². The lowest BCUT2D eigenvalue weighted by Crippen LogP contribution is -2.09. The van der Waals surface area contributed by atoms with Gasteiger partial charge in [-0.25, -0.2) is 0 Å². The predicted octanol–water partition coefficient (Wildman–Crippen LogP) is 5.46. The minimum atomic E-state index is 0.0135. The highest BCUT2D eigenvalue weighted by Crippen LogP contribution is 2.31. The minimum Gasteiger partial charge on any atom is -0.289 e. The van der Waals surface area contributed by atoms with Gasteiger partial charge < -0.3 is 0 Å². The Morgan fingerprint density at radius 2 is 1.25 bits per heavy atom. The first-order valence-electron chi connectivity index (χ1n) is 6.40. The number of rotatable bonds is 2. The smallest absolute Gasteiger partial charge is 0.193 e. The van der Waals surface area contributed by atoms with Crippen molar-refractivity contribution in [2.24, 2.45) is 0 Å².